The Morgan fingerprint density at radius 3 is 2.23 bits per heavy atom. The lowest BCUT2D eigenvalue weighted by Crippen LogP contribution is -2.35. The van der Waals surface area contributed by atoms with Crippen LogP contribution in [0.1, 0.15) is 15.9 Å². The van der Waals surface area contributed by atoms with Gasteiger partial charge >= 0.3 is 0 Å². The van der Waals surface area contributed by atoms with Gasteiger partial charge in [0.15, 0.2) is 5.76 Å². The van der Waals surface area contributed by atoms with Crippen molar-refractivity contribution in [2.24, 2.45) is 0 Å². The van der Waals surface area contributed by atoms with Gasteiger partial charge in [-0.3, -0.25) is 9.10 Å². The molecule has 1 aliphatic rings. The predicted molar refractivity (Wildman–Crippen MR) is 134 cm³/mol. The first-order chi connectivity index (χ1) is 17.0. The first-order valence-electron chi connectivity index (χ1n) is 11.1. The van der Waals surface area contributed by atoms with Gasteiger partial charge in [-0.2, -0.15) is 0 Å². The first-order valence-corrected chi connectivity index (χ1v) is 12.6. The number of hydrogen-bond acceptors (Lipinski definition) is 5. The second-order valence-electron chi connectivity index (χ2n) is 8.05. The van der Waals surface area contributed by atoms with Crippen molar-refractivity contribution in [1.82, 2.24) is 4.31 Å². The first kappa shape index (κ1) is 22.7. The van der Waals surface area contributed by atoms with Crippen LogP contribution in [0.4, 0.5) is 0 Å². The Hall–Kier alpha value is -4.10. The number of para-hydroxylation sites is 1. The zero-order chi connectivity index (χ0) is 24.4. The highest BCUT2D eigenvalue weighted by Crippen LogP contribution is 2.38. The number of hydrogen-bond donors (Lipinski definition) is 0. The van der Waals surface area contributed by atoms with Crippen LogP contribution >= 0.6 is 0 Å². The zero-order valence-electron chi connectivity index (χ0n) is 19.0. The van der Waals surface area contributed by atoms with Crippen LogP contribution in [-0.4, -0.2) is 38.8 Å². The molecule has 35 heavy (non-hydrogen) atoms. The normalized spacial score (nSPS) is 14.5. The van der Waals surface area contributed by atoms with Gasteiger partial charge in [-0.05, 0) is 41.1 Å². The maximum atomic E-state index is 13.7. The van der Waals surface area contributed by atoms with Gasteiger partial charge in [0.2, 0.25) is 5.78 Å². The topological polar surface area (TPSA) is 72.9 Å². The van der Waals surface area contributed by atoms with Crippen molar-refractivity contribution in [3.63, 3.8) is 0 Å². The van der Waals surface area contributed by atoms with E-state index in [1.165, 1.54) is 13.1 Å². The van der Waals surface area contributed by atoms with Gasteiger partial charge in [-0.1, -0.05) is 66.7 Å². The van der Waals surface area contributed by atoms with Crippen LogP contribution in [-0.2, 0) is 14.8 Å². The summed E-state index contributed by atoms with van der Waals surface area (Å²) in [7, 11) is -2.55. The van der Waals surface area contributed by atoms with E-state index in [2.05, 4.69) is 0 Å². The lowest BCUT2D eigenvalue weighted by molar-refractivity contribution is 0.100. The van der Waals surface area contributed by atoms with Crippen molar-refractivity contribution in [2.75, 3.05) is 20.3 Å². The van der Waals surface area contributed by atoms with Crippen molar-refractivity contribution >= 4 is 32.3 Å². The van der Waals surface area contributed by atoms with E-state index in [1.54, 1.807) is 30.3 Å². The Morgan fingerprint density at radius 2 is 1.43 bits per heavy atom. The van der Waals surface area contributed by atoms with E-state index in [0.29, 0.717) is 16.9 Å². The molecule has 7 heteroatoms. The highest BCUT2D eigenvalue weighted by atomic mass is 32.2. The maximum absolute atomic E-state index is 13.7. The van der Waals surface area contributed by atoms with Crippen LogP contribution in [0.25, 0.3) is 16.5 Å². The van der Waals surface area contributed by atoms with Gasteiger partial charge in [-0.15, -0.1) is 0 Å². The molecular weight excluding hydrogens is 462 g/mol. The van der Waals surface area contributed by atoms with E-state index in [0.717, 1.165) is 15.1 Å². The SMILES string of the molecule is CN1C(C(=O)c2ccc3ccccc3c2)=C(OCCOc2ccccc2)c2ccccc2S1(=O)=O. The molecular formula is C28H23NO5S. The van der Waals surface area contributed by atoms with E-state index in [4.69, 9.17) is 9.47 Å². The van der Waals surface area contributed by atoms with Gasteiger partial charge in [0.25, 0.3) is 10.0 Å². The zero-order valence-corrected chi connectivity index (χ0v) is 19.9. The van der Waals surface area contributed by atoms with E-state index >= 15 is 0 Å². The fourth-order valence-corrected chi connectivity index (χ4v) is 5.49. The average molecular weight is 486 g/mol. The molecule has 1 heterocycles. The number of Topliss-reactive ketones (excluding diaryl/α,β-unsaturated/α-hetero) is 1. The summed E-state index contributed by atoms with van der Waals surface area (Å²) in [5.74, 6) is 0.476. The van der Waals surface area contributed by atoms with Crippen molar-refractivity contribution < 1.29 is 22.7 Å². The highest BCUT2D eigenvalue weighted by molar-refractivity contribution is 7.89. The molecule has 5 rings (SSSR count). The Morgan fingerprint density at radius 1 is 0.771 bits per heavy atom. The third-order valence-corrected chi connectivity index (χ3v) is 7.68. The summed E-state index contributed by atoms with van der Waals surface area (Å²) in [6.07, 6.45) is 0. The largest absolute Gasteiger partial charge is 0.490 e. The number of allylic oxidation sites excluding steroid dienone is 1. The molecule has 0 N–H and O–H groups in total. The number of ketones is 1. The molecule has 0 atom stereocenters. The number of carbonyl (C=O) groups is 1. The van der Waals surface area contributed by atoms with E-state index in [9.17, 15) is 13.2 Å². The molecule has 4 aromatic carbocycles. The van der Waals surface area contributed by atoms with Crippen LogP contribution in [0.3, 0.4) is 0 Å². The summed E-state index contributed by atoms with van der Waals surface area (Å²) in [6, 6.07) is 28.9. The highest BCUT2D eigenvalue weighted by Gasteiger charge is 2.39. The van der Waals surface area contributed by atoms with E-state index in [-0.39, 0.29) is 29.6 Å². The lowest BCUT2D eigenvalue weighted by Gasteiger charge is -2.30. The number of ether oxygens (including phenoxy) is 2. The molecule has 176 valence electrons. The predicted octanol–water partition coefficient (Wildman–Crippen LogP) is 5.12. The van der Waals surface area contributed by atoms with Crippen LogP contribution in [0.2, 0.25) is 0 Å². The third-order valence-electron chi connectivity index (χ3n) is 5.87. The number of sulfonamides is 1. The minimum absolute atomic E-state index is 0.0290. The molecule has 0 radical (unpaired) electrons. The number of likely N-dealkylation sites (N-methyl/N-ethyl adjacent to an activating group) is 1. The van der Waals surface area contributed by atoms with E-state index < -0.39 is 15.8 Å². The van der Waals surface area contributed by atoms with Crippen LogP contribution in [0.15, 0.2) is 108 Å². The summed E-state index contributed by atoms with van der Waals surface area (Å²) < 4.78 is 39.4. The van der Waals surface area contributed by atoms with Crippen molar-refractivity contribution in [2.45, 2.75) is 4.90 Å². The fraction of sp³-hybridized carbons (Fsp3) is 0.107. The summed E-state index contributed by atoms with van der Waals surface area (Å²) >= 11 is 0. The molecule has 4 aromatic rings. The van der Waals surface area contributed by atoms with Crippen molar-refractivity contribution in [3.05, 3.63) is 114 Å². The number of nitrogens with zero attached hydrogens (tertiary/aromatic N) is 1. The Kier molecular flexibility index (Phi) is 6.01. The summed E-state index contributed by atoms with van der Waals surface area (Å²) in [5.41, 5.74) is 0.704. The van der Waals surface area contributed by atoms with Gasteiger partial charge in [0.1, 0.15) is 24.7 Å². The molecule has 0 aromatic heterocycles. The summed E-state index contributed by atoms with van der Waals surface area (Å²) in [4.78, 5) is 13.8. The number of carbonyl (C=O) groups excluding carboxylic acids is 1. The van der Waals surface area contributed by atoms with E-state index in [1.807, 2.05) is 60.7 Å². The molecule has 0 amide bonds. The summed E-state index contributed by atoms with van der Waals surface area (Å²) in [5, 5.41) is 1.88. The van der Waals surface area contributed by atoms with Gasteiger partial charge in [0, 0.05) is 18.2 Å². The Labute approximate surface area is 204 Å². The monoisotopic (exact) mass is 485 g/mol. The maximum Gasteiger partial charge on any atom is 0.265 e. The molecule has 0 unspecified atom stereocenters. The van der Waals surface area contributed by atoms with Gasteiger partial charge in [0.05, 0.1) is 4.90 Å². The molecule has 1 aliphatic heterocycles. The minimum Gasteiger partial charge on any atom is -0.490 e. The molecule has 0 fully saturated rings. The standard InChI is InChI=1S/C28H23NO5S/c1-29-26(27(30)22-16-15-20-9-5-6-10-21(20)19-22)28(24-13-7-8-14-25(24)35(29,31)32)34-18-17-33-23-11-3-2-4-12-23/h2-16,19H,17-18H2,1H3. The molecule has 0 spiro atoms. The quantitative estimate of drug-likeness (QED) is 0.268. The third kappa shape index (κ3) is 4.26. The summed E-state index contributed by atoms with van der Waals surface area (Å²) in [6.45, 7) is 0.352. The fourth-order valence-electron chi connectivity index (χ4n) is 4.10. The van der Waals surface area contributed by atoms with Gasteiger partial charge < -0.3 is 9.47 Å². The number of benzene rings is 4. The average Bonchev–Trinajstić information content (AvgIpc) is 2.89. The molecule has 0 saturated carbocycles. The lowest BCUT2D eigenvalue weighted by atomic mass is 10.0. The molecule has 6 nitrogen and oxygen atoms in total. The smallest absolute Gasteiger partial charge is 0.265 e. The number of rotatable bonds is 7. The van der Waals surface area contributed by atoms with Gasteiger partial charge in [-0.25, -0.2) is 8.42 Å². The molecule has 0 aliphatic carbocycles. The van der Waals surface area contributed by atoms with Crippen molar-refractivity contribution in [3.8, 4) is 5.75 Å². The molecule has 0 saturated heterocycles. The Balaban J connectivity index is 1.54. The minimum atomic E-state index is -3.93. The molecule has 0 bridgehead atoms. The second kappa shape index (κ2) is 9.27. The van der Waals surface area contributed by atoms with Crippen LogP contribution in [0.5, 0.6) is 5.75 Å². The Bertz CT molecular complexity index is 1540. The second-order valence-corrected chi connectivity index (χ2v) is 9.99. The van der Waals surface area contributed by atoms with Crippen molar-refractivity contribution in [1.29, 1.82) is 0 Å². The van der Waals surface area contributed by atoms with Crippen LogP contribution in [0, 0.1) is 0 Å². The number of fused-ring (bicyclic) bond motifs is 2. The van der Waals surface area contributed by atoms with Crippen LogP contribution < -0.4 is 4.74 Å².